The SMILES string of the molecule is C1CCCC1.[CH]1[CH]CCC1.[Mg]. The number of hydrogen-bond donors (Lipinski definition) is 0. The van der Waals surface area contributed by atoms with E-state index in [1.165, 1.54) is 51.4 Å². The molecule has 0 atom stereocenters. The normalized spacial score (nSPS) is 21.8. The molecule has 0 aromatic rings. The molecular formula is C10H18Mg. The molecule has 60 valence electrons. The maximum atomic E-state index is 2.24. The van der Waals surface area contributed by atoms with E-state index >= 15 is 0 Å². The Morgan fingerprint density at radius 1 is 0.545 bits per heavy atom. The van der Waals surface area contributed by atoms with Crippen LogP contribution in [0.5, 0.6) is 0 Å². The molecule has 0 aliphatic heterocycles. The van der Waals surface area contributed by atoms with Gasteiger partial charge < -0.3 is 0 Å². The van der Waals surface area contributed by atoms with E-state index < -0.39 is 0 Å². The molecule has 0 unspecified atom stereocenters. The molecule has 0 nitrogen and oxygen atoms in total. The van der Waals surface area contributed by atoms with E-state index in [1.807, 2.05) is 0 Å². The summed E-state index contributed by atoms with van der Waals surface area (Å²) in [4.78, 5) is 0. The lowest BCUT2D eigenvalue weighted by molar-refractivity contribution is 0.886. The molecule has 0 spiro atoms. The van der Waals surface area contributed by atoms with E-state index in [2.05, 4.69) is 12.8 Å². The van der Waals surface area contributed by atoms with Crippen molar-refractivity contribution in [2.75, 3.05) is 0 Å². The van der Waals surface area contributed by atoms with Crippen LogP contribution in [0, 0.1) is 12.8 Å². The van der Waals surface area contributed by atoms with Gasteiger partial charge in [0.15, 0.2) is 0 Å². The fraction of sp³-hybridized carbons (Fsp3) is 0.800. The zero-order valence-corrected chi connectivity index (χ0v) is 8.93. The van der Waals surface area contributed by atoms with Crippen molar-refractivity contribution in [1.82, 2.24) is 0 Å². The largest absolute Gasteiger partial charge is 0.0533 e. The summed E-state index contributed by atoms with van der Waals surface area (Å²) in [6.07, 6.45) is 16.0. The summed E-state index contributed by atoms with van der Waals surface area (Å²) in [6.45, 7) is 0. The van der Waals surface area contributed by atoms with Crippen LogP contribution in [0.1, 0.15) is 51.4 Å². The predicted molar refractivity (Wildman–Crippen MR) is 51.3 cm³/mol. The van der Waals surface area contributed by atoms with Crippen molar-refractivity contribution < 1.29 is 0 Å². The molecule has 0 aromatic carbocycles. The first kappa shape index (κ1) is 11.8. The molecule has 1 heteroatoms. The molecule has 0 heterocycles. The number of rotatable bonds is 0. The molecule has 2 aliphatic carbocycles. The lowest BCUT2D eigenvalue weighted by Crippen LogP contribution is -1.52. The fourth-order valence-corrected chi connectivity index (χ4v) is 1.47. The molecule has 0 N–H and O–H groups in total. The smallest absolute Gasteiger partial charge is 0 e. The summed E-state index contributed by atoms with van der Waals surface area (Å²) in [7, 11) is 0. The van der Waals surface area contributed by atoms with Crippen molar-refractivity contribution in [2.24, 2.45) is 0 Å². The summed E-state index contributed by atoms with van der Waals surface area (Å²) in [6, 6.07) is 0. The van der Waals surface area contributed by atoms with Crippen LogP contribution < -0.4 is 0 Å². The van der Waals surface area contributed by atoms with Gasteiger partial charge in [-0.1, -0.05) is 38.5 Å². The van der Waals surface area contributed by atoms with Crippen molar-refractivity contribution >= 4 is 23.1 Å². The second-order valence-electron chi connectivity index (χ2n) is 3.17. The third kappa shape index (κ3) is 7.14. The molecule has 0 amide bonds. The van der Waals surface area contributed by atoms with Gasteiger partial charge in [-0.25, -0.2) is 0 Å². The number of hydrogen-bond acceptors (Lipinski definition) is 0. The predicted octanol–water partition coefficient (Wildman–Crippen LogP) is 3.15. The Balaban J connectivity index is 0.000000167. The minimum absolute atomic E-state index is 0. The van der Waals surface area contributed by atoms with Gasteiger partial charge in [0.1, 0.15) is 0 Å². The van der Waals surface area contributed by atoms with Crippen LogP contribution in [-0.4, -0.2) is 23.1 Å². The highest BCUT2D eigenvalue weighted by atomic mass is 24.3. The Labute approximate surface area is 87.3 Å². The van der Waals surface area contributed by atoms with Gasteiger partial charge in [-0.15, -0.1) is 0 Å². The summed E-state index contributed by atoms with van der Waals surface area (Å²) in [5.74, 6) is 0. The first-order chi connectivity index (χ1) is 5.00. The topological polar surface area (TPSA) is 0 Å². The average Bonchev–Trinajstić information content (AvgIpc) is 2.67. The first-order valence-electron chi connectivity index (χ1n) is 4.65. The minimum Gasteiger partial charge on any atom is -0.0533 e. The molecule has 4 radical (unpaired) electrons. The second kappa shape index (κ2) is 8.86. The Morgan fingerprint density at radius 2 is 0.909 bits per heavy atom. The molecule has 0 aromatic heterocycles. The molecule has 2 rings (SSSR count). The summed E-state index contributed by atoms with van der Waals surface area (Å²) >= 11 is 0. The van der Waals surface area contributed by atoms with E-state index in [4.69, 9.17) is 0 Å². The standard InChI is InChI=1S/C5H10.C5H8.Mg/c2*1-2-4-5-3-1;/h1-5H2;1-2H,3-5H2;. The second-order valence-corrected chi connectivity index (χ2v) is 3.17. The van der Waals surface area contributed by atoms with Gasteiger partial charge in [-0.2, -0.15) is 0 Å². The zero-order valence-electron chi connectivity index (χ0n) is 7.52. The van der Waals surface area contributed by atoms with Crippen molar-refractivity contribution in [3.8, 4) is 0 Å². The Kier molecular flexibility index (Phi) is 9.48. The van der Waals surface area contributed by atoms with Crippen LogP contribution in [0.3, 0.4) is 0 Å². The van der Waals surface area contributed by atoms with Gasteiger partial charge in [0.05, 0.1) is 0 Å². The fourth-order valence-electron chi connectivity index (χ4n) is 1.47. The van der Waals surface area contributed by atoms with Gasteiger partial charge in [-0.05, 0) is 25.7 Å². The zero-order chi connectivity index (χ0) is 7.07. The quantitative estimate of drug-likeness (QED) is 0.480. The van der Waals surface area contributed by atoms with Crippen LogP contribution in [0.4, 0.5) is 0 Å². The minimum atomic E-state index is 0. The lowest BCUT2D eigenvalue weighted by atomic mass is 10.4. The third-order valence-corrected chi connectivity index (χ3v) is 2.16. The van der Waals surface area contributed by atoms with Crippen LogP contribution in [0.15, 0.2) is 0 Å². The molecular weight excluding hydrogens is 144 g/mol. The molecule has 2 aliphatic rings. The molecule has 2 fully saturated rings. The van der Waals surface area contributed by atoms with Crippen molar-refractivity contribution in [3.05, 3.63) is 12.8 Å². The van der Waals surface area contributed by atoms with Gasteiger partial charge in [-0.3, -0.25) is 0 Å². The van der Waals surface area contributed by atoms with Crippen molar-refractivity contribution in [2.45, 2.75) is 51.4 Å². The van der Waals surface area contributed by atoms with E-state index in [-0.39, 0.29) is 23.1 Å². The van der Waals surface area contributed by atoms with Crippen LogP contribution in [-0.2, 0) is 0 Å². The van der Waals surface area contributed by atoms with Crippen LogP contribution in [0.2, 0.25) is 0 Å². The van der Waals surface area contributed by atoms with Gasteiger partial charge in [0, 0.05) is 23.1 Å². The molecule has 11 heavy (non-hydrogen) atoms. The summed E-state index contributed by atoms with van der Waals surface area (Å²) in [5.41, 5.74) is 0. The van der Waals surface area contributed by atoms with E-state index in [0.29, 0.717) is 0 Å². The first-order valence-corrected chi connectivity index (χ1v) is 4.65. The van der Waals surface area contributed by atoms with Gasteiger partial charge in [0.25, 0.3) is 0 Å². The van der Waals surface area contributed by atoms with E-state index in [1.54, 1.807) is 0 Å². The maximum absolute atomic E-state index is 2.24. The Hall–Kier alpha value is 0.766. The highest BCUT2D eigenvalue weighted by Gasteiger charge is 1.96. The van der Waals surface area contributed by atoms with Crippen molar-refractivity contribution in [3.63, 3.8) is 0 Å². The molecule has 2 saturated carbocycles. The monoisotopic (exact) mass is 162 g/mol. The van der Waals surface area contributed by atoms with Crippen LogP contribution in [0.25, 0.3) is 0 Å². The summed E-state index contributed by atoms with van der Waals surface area (Å²) in [5, 5.41) is 0. The highest BCUT2D eigenvalue weighted by molar-refractivity contribution is 5.75. The third-order valence-electron chi connectivity index (χ3n) is 2.16. The highest BCUT2D eigenvalue weighted by Crippen LogP contribution is 2.15. The maximum Gasteiger partial charge on any atom is 0 e. The van der Waals surface area contributed by atoms with E-state index in [9.17, 15) is 0 Å². The summed E-state index contributed by atoms with van der Waals surface area (Å²) < 4.78 is 0. The van der Waals surface area contributed by atoms with Gasteiger partial charge in [0.2, 0.25) is 0 Å². The molecule has 0 bridgehead atoms. The lowest BCUT2D eigenvalue weighted by Gasteiger charge is -1.67. The average molecular weight is 163 g/mol. The van der Waals surface area contributed by atoms with Gasteiger partial charge >= 0.3 is 0 Å². The Bertz CT molecular complexity index is 38.1. The molecule has 0 saturated heterocycles. The van der Waals surface area contributed by atoms with Crippen LogP contribution >= 0.6 is 0 Å². The van der Waals surface area contributed by atoms with E-state index in [0.717, 1.165) is 0 Å². The van der Waals surface area contributed by atoms with Crippen molar-refractivity contribution in [1.29, 1.82) is 0 Å². The Morgan fingerprint density at radius 3 is 1.09 bits per heavy atom.